The highest BCUT2D eigenvalue weighted by Crippen LogP contribution is 2.14. The molecule has 0 aromatic rings. The fourth-order valence-corrected chi connectivity index (χ4v) is 3.73. The quantitative estimate of drug-likeness (QED) is 0.213. The summed E-state index contributed by atoms with van der Waals surface area (Å²) in [6.07, 6.45) is 21.3. The predicted molar refractivity (Wildman–Crippen MR) is 105 cm³/mol. The zero-order valence-electron chi connectivity index (χ0n) is 15.6. The molecule has 0 fully saturated rings. The summed E-state index contributed by atoms with van der Waals surface area (Å²) in [6, 6.07) is 0. The molecule has 0 saturated carbocycles. The van der Waals surface area contributed by atoms with E-state index >= 15 is 0 Å². The summed E-state index contributed by atoms with van der Waals surface area (Å²) in [5.74, 6) is 1.52. The molecule has 0 saturated heterocycles. The van der Waals surface area contributed by atoms with E-state index in [4.69, 9.17) is 10.2 Å². The van der Waals surface area contributed by atoms with E-state index in [1.807, 2.05) is 0 Å². The third-order valence-corrected chi connectivity index (χ3v) is 5.52. The molecule has 0 rings (SSSR count). The minimum Gasteiger partial charge on any atom is -0.367 e. The van der Waals surface area contributed by atoms with Gasteiger partial charge in [0.15, 0.2) is 6.29 Å². The molecule has 140 valence electrons. The molecule has 0 bridgehead atoms. The maximum absolute atomic E-state index is 8.72. The molecule has 0 spiro atoms. The van der Waals surface area contributed by atoms with Crippen LogP contribution >= 0.6 is 11.8 Å². The van der Waals surface area contributed by atoms with Gasteiger partial charge in [-0.15, -0.1) is 0 Å². The van der Waals surface area contributed by atoms with E-state index in [-0.39, 0.29) is 0 Å². The zero-order chi connectivity index (χ0) is 17.0. The first-order valence-electron chi connectivity index (χ1n) is 10.2. The number of aliphatic hydroxyl groups excluding tert-OH is 1. The Morgan fingerprint density at radius 2 is 0.913 bits per heavy atom. The largest absolute Gasteiger partial charge is 0.367 e. The first-order chi connectivity index (χ1) is 11.3. The highest BCUT2D eigenvalue weighted by atomic mass is 32.2. The Balaban J connectivity index is 2.95. The summed E-state index contributed by atoms with van der Waals surface area (Å²) in [6.45, 7) is 2.28. The fourth-order valence-electron chi connectivity index (χ4n) is 2.94. The number of hydrogen-bond donors (Lipinski definition) is 2. The monoisotopic (exact) mass is 346 g/mol. The van der Waals surface area contributed by atoms with Crippen molar-refractivity contribution in [2.75, 3.05) is 11.5 Å². The standard InChI is InChI=1S/C20H42O2S/c1-2-3-4-5-6-7-8-9-10-11-12-13-14-15-16-17-18-23-19-20(21)22/h20-22H,2-19H2,1H3. The van der Waals surface area contributed by atoms with Gasteiger partial charge in [0.05, 0.1) is 0 Å². The molecule has 0 radical (unpaired) electrons. The summed E-state index contributed by atoms with van der Waals surface area (Å²) in [7, 11) is 0. The lowest BCUT2D eigenvalue weighted by molar-refractivity contribution is -0.0186. The highest BCUT2D eigenvalue weighted by Gasteiger charge is 1.97. The molecule has 3 heteroatoms. The van der Waals surface area contributed by atoms with Crippen molar-refractivity contribution in [3.63, 3.8) is 0 Å². The van der Waals surface area contributed by atoms with Gasteiger partial charge < -0.3 is 10.2 Å². The van der Waals surface area contributed by atoms with Gasteiger partial charge in [-0.2, -0.15) is 11.8 Å². The number of rotatable bonds is 19. The molecule has 0 heterocycles. The molecule has 23 heavy (non-hydrogen) atoms. The van der Waals surface area contributed by atoms with Crippen molar-refractivity contribution in [1.29, 1.82) is 0 Å². The van der Waals surface area contributed by atoms with Crippen molar-refractivity contribution in [2.24, 2.45) is 0 Å². The van der Waals surface area contributed by atoms with E-state index in [0.717, 1.165) is 5.75 Å². The molecule has 0 unspecified atom stereocenters. The zero-order valence-corrected chi connectivity index (χ0v) is 16.4. The predicted octanol–water partition coefficient (Wildman–Crippen LogP) is 6.29. The Bertz CT molecular complexity index is 210. The third-order valence-electron chi connectivity index (χ3n) is 4.41. The van der Waals surface area contributed by atoms with Crippen molar-refractivity contribution in [1.82, 2.24) is 0 Å². The van der Waals surface area contributed by atoms with Gasteiger partial charge >= 0.3 is 0 Å². The minimum absolute atomic E-state index is 0.457. The van der Waals surface area contributed by atoms with Gasteiger partial charge in [-0.1, -0.05) is 103 Å². The van der Waals surface area contributed by atoms with Crippen LogP contribution < -0.4 is 0 Å². The van der Waals surface area contributed by atoms with E-state index in [0.29, 0.717) is 5.75 Å². The summed E-state index contributed by atoms with van der Waals surface area (Å²) in [5.41, 5.74) is 0. The topological polar surface area (TPSA) is 40.5 Å². The van der Waals surface area contributed by atoms with Crippen LogP contribution in [0.5, 0.6) is 0 Å². The SMILES string of the molecule is CCCCCCCCCCCCCCCCCCSCC(O)O. The lowest BCUT2D eigenvalue weighted by Crippen LogP contribution is -2.07. The van der Waals surface area contributed by atoms with Gasteiger partial charge in [-0.05, 0) is 12.2 Å². The lowest BCUT2D eigenvalue weighted by atomic mass is 10.0. The van der Waals surface area contributed by atoms with Crippen LogP contribution in [-0.2, 0) is 0 Å². The van der Waals surface area contributed by atoms with E-state index in [9.17, 15) is 0 Å². The van der Waals surface area contributed by atoms with Crippen LogP contribution in [-0.4, -0.2) is 28.0 Å². The third kappa shape index (κ3) is 22.3. The van der Waals surface area contributed by atoms with Gasteiger partial charge in [0.1, 0.15) is 0 Å². The van der Waals surface area contributed by atoms with E-state index in [2.05, 4.69) is 6.92 Å². The highest BCUT2D eigenvalue weighted by molar-refractivity contribution is 7.99. The second-order valence-corrected chi connectivity index (χ2v) is 8.01. The van der Waals surface area contributed by atoms with Gasteiger partial charge in [0, 0.05) is 5.75 Å². The maximum Gasteiger partial charge on any atom is 0.160 e. The Morgan fingerprint density at radius 3 is 1.26 bits per heavy atom. The first kappa shape index (κ1) is 23.3. The van der Waals surface area contributed by atoms with Crippen molar-refractivity contribution in [2.45, 2.75) is 116 Å². The second kappa shape index (κ2) is 20.3. The molecule has 0 aliphatic heterocycles. The second-order valence-electron chi connectivity index (χ2n) is 6.86. The van der Waals surface area contributed by atoms with Gasteiger partial charge in [-0.3, -0.25) is 0 Å². The van der Waals surface area contributed by atoms with Crippen LogP contribution in [0.1, 0.15) is 110 Å². The Morgan fingerprint density at radius 1 is 0.565 bits per heavy atom. The Hall–Kier alpha value is 0.270. The molecule has 2 N–H and O–H groups in total. The summed E-state index contributed by atoms with van der Waals surface area (Å²) in [4.78, 5) is 0. The lowest BCUT2D eigenvalue weighted by Gasteiger charge is -2.04. The average molecular weight is 347 g/mol. The number of aliphatic hydroxyl groups is 2. The van der Waals surface area contributed by atoms with Crippen molar-refractivity contribution >= 4 is 11.8 Å². The summed E-state index contributed by atoms with van der Waals surface area (Å²) < 4.78 is 0. The Kier molecular flexibility index (Phi) is 20.6. The van der Waals surface area contributed by atoms with Crippen molar-refractivity contribution in [3.05, 3.63) is 0 Å². The molecule has 0 aliphatic rings. The molecule has 0 aromatic heterocycles. The average Bonchev–Trinajstić information content (AvgIpc) is 2.53. The molecule has 0 atom stereocenters. The van der Waals surface area contributed by atoms with Crippen LogP contribution in [0.4, 0.5) is 0 Å². The van der Waals surface area contributed by atoms with Gasteiger partial charge in [0.25, 0.3) is 0 Å². The normalized spacial score (nSPS) is 11.5. The van der Waals surface area contributed by atoms with Crippen LogP contribution in [0, 0.1) is 0 Å². The van der Waals surface area contributed by atoms with E-state index < -0.39 is 6.29 Å². The van der Waals surface area contributed by atoms with E-state index in [1.54, 1.807) is 11.8 Å². The molecular weight excluding hydrogens is 304 g/mol. The molecule has 0 amide bonds. The fraction of sp³-hybridized carbons (Fsp3) is 1.00. The van der Waals surface area contributed by atoms with Crippen LogP contribution in [0.25, 0.3) is 0 Å². The van der Waals surface area contributed by atoms with Crippen LogP contribution in [0.3, 0.4) is 0 Å². The molecule has 0 aliphatic carbocycles. The summed E-state index contributed by atoms with van der Waals surface area (Å²) in [5, 5.41) is 17.4. The molecule has 0 aromatic carbocycles. The van der Waals surface area contributed by atoms with E-state index in [1.165, 1.54) is 103 Å². The molecular formula is C20H42O2S. The van der Waals surface area contributed by atoms with Crippen molar-refractivity contribution < 1.29 is 10.2 Å². The summed E-state index contributed by atoms with van der Waals surface area (Å²) >= 11 is 1.65. The molecule has 2 nitrogen and oxygen atoms in total. The number of unbranched alkanes of at least 4 members (excludes halogenated alkanes) is 15. The van der Waals surface area contributed by atoms with Gasteiger partial charge in [-0.25, -0.2) is 0 Å². The van der Waals surface area contributed by atoms with Crippen LogP contribution in [0.15, 0.2) is 0 Å². The first-order valence-corrected chi connectivity index (χ1v) is 11.4. The van der Waals surface area contributed by atoms with Gasteiger partial charge in [0.2, 0.25) is 0 Å². The van der Waals surface area contributed by atoms with Crippen molar-refractivity contribution in [3.8, 4) is 0 Å². The number of hydrogen-bond acceptors (Lipinski definition) is 3. The Labute approximate surface area is 149 Å². The number of thioether (sulfide) groups is 1. The maximum atomic E-state index is 8.72. The van der Waals surface area contributed by atoms with Crippen LogP contribution in [0.2, 0.25) is 0 Å². The smallest absolute Gasteiger partial charge is 0.160 e. The minimum atomic E-state index is -1.14.